The van der Waals surface area contributed by atoms with Gasteiger partial charge in [-0.25, -0.2) is 4.57 Å². The summed E-state index contributed by atoms with van der Waals surface area (Å²) in [6.45, 7) is 3.41. The molecule has 2 rings (SSSR count). The van der Waals surface area contributed by atoms with Crippen LogP contribution in [0.5, 0.6) is 5.75 Å². The van der Waals surface area contributed by atoms with Crippen molar-refractivity contribution in [1.29, 1.82) is 0 Å². The number of hydrogen-bond acceptors (Lipinski definition) is 2. The quantitative estimate of drug-likeness (QED) is 0.631. The topological polar surface area (TPSA) is 42.2 Å². The summed E-state index contributed by atoms with van der Waals surface area (Å²) in [6, 6.07) is 12.0. The molecule has 0 radical (unpaired) electrons. The van der Waals surface area contributed by atoms with Crippen LogP contribution in [0.3, 0.4) is 0 Å². The van der Waals surface area contributed by atoms with E-state index in [0.717, 1.165) is 12.2 Å². The molecule has 1 aromatic heterocycles. The van der Waals surface area contributed by atoms with Crippen LogP contribution in [0, 0.1) is 6.92 Å². The maximum absolute atomic E-state index is 11.8. The fourth-order valence-electron chi connectivity index (χ4n) is 2.14. The van der Waals surface area contributed by atoms with Gasteiger partial charge in [0.1, 0.15) is 5.75 Å². The second-order valence-electron chi connectivity index (χ2n) is 5.31. The van der Waals surface area contributed by atoms with Crippen LogP contribution in [-0.2, 0) is 17.8 Å². The van der Waals surface area contributed by atoms with Crippen molar-refractivity contribution in [2.75, 3.05) is 13.7 Å². The van der Waals surface area contributed by atoms with E-state index in [0.29, 0.717) is 19.5 Å². The van der Waals surface area contributed by atoms with E-state index in [4.69, 9.17) is 4.74 Å². The molecule has 5 heteroatoms. The van der Waals surface area contributed by atoms with E-state index in [-0.39, 0.29) is 22.9 Å². The number of carbonyl (C=O) groups is 1. The molecule has 1 aromatic carbocycles. The van der Waals surface area contributed by atoms with Crippen LogP contribution in [0.4, 0.5) is 0 Å². The minimum absolute atomic E-state index is 0. The van der Waals surface area contributed by atoms with Gasteiger partial charge in [-0.05, 0) is 36.6 Å². The minimum atomic E-state index is 0. The molecule has 0 saturated heterocycles. The Morgan fingerprint density at radius 1 is 1.13 bits per heavy atom. The van der Waals surface area contributed by atoms with Crippen molar-refractivity contribution < 1.29 is 31.1 Å². The SMILES string of the molecule is COc1ccc(CCNC(=O)CC[n+]2ccc(C)cc2)cc1.[Br-]. The molecule has 0 aliphatic carbocycles. The number of carbonyl (C=O) groups excluding carboxylic acids is 1. The molecule has 0 spiro atoms. The number of halogens is 1. The van der Waals surface area contributed by atoms with Crippen LogP contribution >= 0.6 is 0 Å². The number of benzene rings is 1. The van der Waals surface area contributed by atoms with E-state index in [9.17, 15) is 4.79 Å². The standard InChI is InChI=1S/C18H22N2O2.BrH/c1-15-8-12-20(13-9-15)14-10-18(21)19-11-7-16-3-5-17(22-2)6-4-16;/h3-6,8-9,12-13H,7,10-11,14H2,1-2H3;1H. The smallest absolute Gasteiger partial charge is 0.226 e. The molecule has 4 nitrogen and oxygen atoms in total. The van der Waals surface area contributed by atoms with Gasteiger partial charge >= 0.3 is 0 Å². The Bertz CT molecular complexity index is 597. The Kier molecular flexibility index (Phi) is 8.33. The Balaban J connectivity index is 0.00000264. The zero-order valence-corrected chi connectivity index (χ0v) is 15.2. The molecule has 1 amide bonds. The number of ether oxygens (including phenoxy) is 1. The number of nitrogens with zero attached hydrogens (tertiary/aromatic N) is 1. The average Bonchev–Trinajstić information content (AvgIpc) is 2.55. The zero-order chi connectivity index (χ0) is 15.8. The number of nitrogens with one attached hydrogen (secondary N) is 1. The molecule has 0 aliphatic heterocycles. The number of rotatable bonds is 7. The highest BCUT2D eigenvalue weighted by Crippen LogP contribution is 2.11. The summed E-state index contributed by atoms with van der Waals surface area (Å²) < 4.78 is 7.15. The Hall–Kier alpha value is -1.88. The van der Waals surface area contributed by atoms with Gasteiger partial charge in [0, 0.05) is 18.7 Å². The number of pyridine rings is 1. The number of aromatic nitrogens is 1. The summed E-state index contributed by atoms with van der Waals surface area (Å²) in [6.07, 6.45) is 5.32. The van der Waals surface area contributed by atoms with Crippen LogP contribution in [-0.4, -0.2) is 19.6 Å². The van der Waals surface area contributed by atoms with Crippen molar-refractivity contribution >= 4 is 5.91 Å². The summed E-state index contributed by atoms with van der Waals surface area (Å²) in [4.78, 5) is 11.8. The molecule has 0 unspecified atom stereocenters. The number of hydrogen-bond donors (Lipinski definition) is 1. The van der Waals surface area contributed by atoms with Crippen LogP contribution in [0.15, 0.2) is 48.8 Å². The Morgan fingerprint density at radius 3 is 2.39 bits per heavy atom. The molecule has 0 fully saturated rings. The van der Waals surface area contributed by atoms with Crippen LogP contribution in [0.25, 0.3) is 0 Å². The van der Waals surface area contributed by atoms with E-state index < -0.39 is 0 Å². The van der Waals surface area contributed by atoms with Gasteiger partial charge in [-0.1, -0.05) is 12.1 Å². The molecule has 0 aliphatic rings. The van der Waals surface area contributed by atoms with Crippen molar-refractivity contribution in [3.63, 3.8) is 0 Å². The first-order chi connectivity index (χ1) is 10.7. The summed E-state index contributed by atoms with van der Waals surface area (Å²) in [7, 11) is 1.65. The third-order valence-electron chi connectivity index (χ3n) is 3.55. The van der Waals surface area contributed by atoms with E-state index in [2.05, 4.69) is 12.2 Å². The number of aryl methyl sites for hydroxylation is 2. The van der Waals surface area contributed by atoms with Crippen LogP contribution in [0.2, 0.25) is 0 Å². The maximum atomic E-state index is 11.8. The van der Waals surface area contributed by atoms with E-state index >= 15 is 0 Å². The maximum Gasteiger partial charge on any atom is 0.226 e. The predicted octanol–water partition coefficient (Wildman–Crippen LogP) is -0.956. The van der Waals surface area contributed by atoms with Gasteiger partial charge in [-0.2, -0.15) is 0 Å². The van der Waals surface area contributed by atoms with Gasteiger partial charge in [0.2, 0.25) is 5.91 Å². The van der Waals surface area contributed by atoms with Crippen molar-refractivity contribution in [1.82, 2.24) is 5.32 Å². The Morgan fingerprint density at radius 2 is 1.78 bits per heavy atom. The van der Waals surface area contributed by atoms with E-state index in [1.165, 1.54) is 11.1 Å². The fraction of sp³-hybridized carbons (Fsp3) is 0.333. The molecule has 23 heavy (non-hydrogen) atoms. The highest BCUT2D eigenvalue weighted by atomic mass is 79.9. The van der Waals surface area contributed by atoms with Crippen molar-refractivity contribution in [2.24, 2.45) is 0 Å². The normalized spacial score (nSPS) is 9.83. The molecule has 124 valence electrons. The third-order valence-corrected chi connectivity index (χ3v) is 3.55. The molecule has 0 bridgehead atoms. The van der Waals surface area contributed by atoms with Crippen molar-refractivity contribution in [3.8, 4) is 5.75 Å². The van der Waals surface area contributed by atoms with Gasteiger partial charge in [0.15, 0.2) is 18.9 Å². The van der Waals surface area contributed by atoms with Crippen LogP contribution in [0.1, 0.15) is 17.5 Å². The predicted molar refractivity (Wildman–Crippen MR) is 85.7 cm³/mol. The lowest BCUT2D eigenvalue weighted by molar-refractivity contribution is -0.695. The lowest BCUT2D eigenvalue weighted by Crippen LogP contribution is -3.00. The lowest BCUT2D eigenvalue weighted by Gasteiger charge is -2.05. The Labute approximate surface area is 148 Å². The van der Waals surface area contributed by atoms with Gasteiger partial charge in [-0.15, -0.1) is 0 Å². The summed E-state index contributed by atoms with van der Waals surface area (Å²) in [5.74, 6) is 0.935. The second kappa shape index (κ2) is 10.0. The first-order valence-corrected chi connectivity index (χ1v) is 7.53. The van der Waals surface area contributed by atoms with Crippen molar-refractivity contribution in [3.05, 3.63) is 59.9 Å². The number of amides is 1. The van der Waals surface area contributed by atoms with Crippen molar-refractivity contribution in [2.45, 2.75) is 26.3 Å². The van der Waals surface area contributed by atoms with Gasteiger partial charge in [0.05, 0.1) is 13.5 Å². The molecule has 0 atom stereocenters. The molecule has 2 aromatic rings. The average molecular weight is 379 g/mol. The van der Waals surface area contributed by atoms with E-state index in [1.54, 1.807) is 7.11 Å². The summed E-state index contributed by atoms with van der Waals surface area (Å²) in [5.41, 5.74) is 2.41. The first kappa shape index (κ1) is 19.2. The highest BCUT2D eigenvalue weighted by Gasteiger charge is 2.06. The highest BCUT2D eigenvalue weighted by molar-refractivity contribution is 5.75. The largest absolute Gasteiger partial charge is 1.00 e. The monoisotopic (exact) mass is 378 g/mol. The molecule has 1 N–H and O–H groups in total. The van der Waals surface area contributed by atoms with Gasteiger partial charge in [0.25, 0.3) is 0 Å². The third kappa shape index (κ3) is 6.82. The zero-order valence-electron chi connectivity index (χ0n) is 13.6. The van der Waals surface area contributed by atoms with Crippen LogP contribution < -0.4 is 31.6 Å². The van der Waals surface area contributed by atoms with Gasteiger partial charge in [-0.3, -0.25) is 4.79 Å². The second-order valence-corrected chi connectivity index (χ2v) is 5.31. The first-order valence-electron chi connectivity index (χ1n) is 7.53. The molecule has 0 saturated carbocycles. The van der Waals surface area contributed by atoms with E-state index in [1.807, 2.05) is 53.4 Å². The molecular formula is C18H23BrN2O2. The van der Waals surface area contributed by atoms with Gasteiger partial charge < -0.3 is 27.0 Å². The number of methoxy groups -OCH3 is 1. The molecular weight excluding hydrogens is 356 g/mol. The fourth-order valence-corrected chi connectivity index (χ4v) is 2.14. The summed E-state index contributed by atoms with van der Waals surface area (Å²) >= 11 is 0. The molecule has 1 heterocycles. The minimum Gasteiger partial charge on any atom is -1.00 e. The summed E-state index contributed by atoms with van der Waals surface area (Å²) in [5, 5.41) is 2.96. The lowest BCUT2D eigenvalue weighted by atomic mass is 10.1.